The van der Waals surface area contributed by atoms with Gasteiger partial charge in [0.2, 0.25) is 15.8 Å². The van der Waals surface area contributed by atoms with Gasteiger partial charge in [0, 0.05) is 26.3 Å². The van der Waals surface area contributed by atoms with E-state index < -0.39 is 21.8 Å². The van der Waals surface area contributed by atoms with Crippen molar-refractivity contribution in [3.8, 4) is 0 Å². The van der Waals surface area contributed by atoms with Gasteiger partial charge in [0.25, 0.3) is 0 Å². The van der Waals surface area contributed by atoms with E-state index in [4.69, 9.17) is 14.3 Å². The molecule has 0 aliphatic carbocycles. The third-order valence-corrected chi connectivity index (χ3v) is 4.54. The van der Waals surface area contributed by atoms with Gasteiger partial charge in [-0.15, -0.1) is 0 Å². The van der Waals surface area contributed by atoms with E-state index in [0.29, 0.717) is 13.0 Å². The molecule has 0 aliphatic rings. The van der Waals surface area contributed by atoms with Gasteiger partial charge in [-0.3, -0.25) is 0 Å². The predicted molar refractivity (Wildman–Crippen MR) is 69.7 cm³/mol. The first kappa shape index (κ1) is 16.2. The summed E-state index contributed by atoms with van der Waals surface area (Å²) in [5.74, 6) is -1.77. The fourth-order valence-electron chi connectivity index (χ4n) is 1.30. The number of methoxy groups -OCH3 is 1. The van der Waals surface area contributed by atoms with E-state index in [2.05, 4.69) is 20.7 Å². The van der Waals surface area contributed by atoms with E-state index in [1.165, 1.54) is 0 Å². The van der Waals surface area contributed by atoms with Crippen LogP contribution < -0.4 is 4.72 Å². The Hall–Kier alpha value is -0.900. The molecule has 2 N–H and O–H groups in total. The molecule has 0 saturated carbocycles. The molecule has 0 unspecified atom stereocenters. The van der Waals surface area contributed by atoms with Gasteiger partial charge in [0.05, 0.1) is 0 Å². The van der Waals surface area contributed by atoms with Gasteiger partial charge in [0.1, 0.15) is 4.90 Å². The molecule has 0 bridgehead atoms. The van der Waals surface area contributed by atoms with Gasteiger partial charge < -0.3 is 14.3 Å². The molecule has 0 radical (unpaired) electrons. The zero-order valence-corrected chi connectivity index (χ0v) is 12.6. The number of carboxylic acid groups (broad SMARTS) is 1. The molecule has 0 aromatic carbocycles. The van der Waals surface area contributed by atoms with E-state index >= 15 is 0 Å². The lowest BCUT2D eigenvalue weighted by Crippen LogP contribution is -2.24. The van der Waals surface area contributed by atoms with E-state index in [1.54, 1.807) is 7.11 Å². The summed E-state index contributed by atoms with van der Waals surface area (Å²) in [6.07, 6.45) is 1.35. The van der Waals surface area contributed by atoms with Gasteiger partial charge in [-0.1, -0.05) is 0 Å². The highest BCUT2D eigenvalue weighted by atomic mass is 79.9. The molecule has 1 aromatic rings. The molecule has 19 heavy (non-hydrogen) atoms. The number of hydrogen-bond acceptors (Lipinski definition) is 5. The highest BCUT2D eigenvalue weighted by Crippen LogP contribution is 2.25. The quantitative estimate of drug-likeness (QED) is 0.683. The first-order valence-corrected chi connectivity index (χ1v) is 7.67. The number of aromatic carboxylic acids is 1. The van der Waals surface area contributed by atoms with E-state index in [0.717, 1.165) is 12.5 Å². The van der Waals surface area contributed by atoms with E-state index in [-0.39, 0.29) is 16.1 Å². The van der Waals surface area contributed by atoms with Gasteiger partial charge in [-0.2, -0.15) is 0 Å². The Labute approximate surface area is 119 Å². The van der Waals surface area contributed by atoms with Crippen molar-refractivity contribution >= 4 is 31.9 Å². The zero-order valence-electron chi connectivity index (χ0n) is 10.2. The van der Waals surface area contributed by atoms with Crippen molar-refractivity contribution in [2.45, 2.75) is 17.7 Å². The standard InChI is InChI=1S/C10H14BrNO6S/c1-17-5-3-2-4-12-19(15,16)8-6-7(10(13)14)18-9(8)11/h6,12H,2-5H2,1H3,(H,13,14). The van der Waals surface area contributed by atoms with Crippen molar-refractivity contribution in [1.29, 1.82) is 0 Å². The molecule has 108 valence electrons. The van der Waals surface area contributed by atoms with Gasteiger partial charge in [-0.05, 0) is 28.8 Å². The highest BCUT2D eigenvalue weighted by molar-refractivity contribution is 9.10. The van der Waals surface area contributed by atoms with Crippen LogP contribution in [0.5, 0.6) is 0 Å². The minimum atomic E-state index is -3.79. The summed E-state index contributed by atoms with van der Waals surface area (Å²) in [7, 11) is -2.22. The molecule has 0 spiro atoms. The SMILES string of the molecule is COCCCCNS(=O)(=O)c1cc(C(=O)O)oc1Br. The molecule has 7 nitrogen and oxygen atoms in total. The molecule has 0 saturated heterocycles. The Balaban J connectivity index is 2.69. The van der Waals surface area contributed by atoms with Crippen LogP contribution in [-0.2, 0) is 14.8 Å². The van der Waals surface area contributed by atoms with Crippen molar-refractivity contribution in [2.75, 3.05) is 20.3 Å². The van der Waals surface area contributed by atoms with Crippen molar-refractivity contribution in [3.05, 3.63) is 16.5 Å². The van der Waals surface area contributed by atoms with Crippen LogP contribution in [0.2, 0.25) is 0 Å². The molecule has 1 heterocycles. The summed E-state index contributed by atoms with van der Waals surface area (Å²) in [6.45, 7) is 0.798. The van der Waals surface area contributed by atoms with Crippen molar-refractivity contribution in [3.63, 3.8) is 0 Å². The van der Waals surface area contributed by atoms with Crippen LogP contribution in [0.1, 0.15) is 23.4 Å². The number of sulfonamides is 1. The summed E-state index contributed by atoms with van der Waals surface area (Å²) in [5, 5.41) is 8.72. The smallest absolute Gasteiger partial charge is 0.371 e. The number of carbonyl (C=O) groups is 1. The van der Waals surface area contributed by atoms with Crippen LogP contribution in [0.25, 0.3) is 0 Å². The fourth-order valence-corrected chi connectivity index (χ4v) is 3.31. The Morgan fingerprint density at radius 1 is 1.53 bits per heavy atom. The molecule has 0 aliphatic heterocycles. The minimum absolute atomic E-state index is 0.130. The molecule has 0 amide bonds. The maximum absolute atomic E-state index is 11.9. The van der Waals surface area contributed by atoms with E-state index in [9.17, 15) is 13.2 Å². The number of hydrogen-bond donors (Lipinski definition) is 2. The summed E-state index contributed by atoms with van der Waals surface area (Å²) in [6, 6.07) is 0.962. The summed E-state index contributed by atoms with van der Waals surface area (Å²) in [5.41, 5.74) is 0. The molecular weight excluding hydrogens is 342 g/mol. The normalized spacial score (nSPS) is 11.7. The molecule has 1 aromatic heterocycles. The minimum Gasteiger partial charge on any atom is -0.475 e. The van der Waals surface area contributed by atoms with Crippen LogP contribution in [-0.4, -0.2) is 39.8 Å². The lowest BCUT2D eigenvalue weighted by molar-refractivity contribution is 0.0661. The maximum atomic E-state index is 11.9. The second kappa shape index (κ2) is 7.04. The maximum Gasteiger partial charge on any atom is 0.371 e. The largest absolute Gasteiger partial charge is 0.475 e. The monoisotopic (exact) mass is 355 g/mol. The lowest BCUT2D eigenvalue weighted by Gasteiger charge is -2.04. The molecule has 1 rings (SSSR count). The van der Waals surface area contributed by atoms with Crippen molar-refractivity contribution < 1.29 is 27.5 Å². The third kappa shape index (κ3) is 4.60. The molecular formula is C10H14BrNO6S. The topological polar surface area (TPSA) is 106 Å². The average Bonchev–Trinajstić information content (AvgIpc) is 2.72. The molecule has 9 heteroatoms. The molecule has 0 fully saturated rings. The van der Waals surface area contributed by atoms with Crippen LogP contribution in [0, 0.1) is 0 Å². The Morgan fingerprint density at radius 3 is 2.74 bits per heavy atom. The number of rotatable bonds is 8. The third-order valence-electron chi connectivity index (χ3n) is 2.22. The van der Waals surface area contributed by atoms with E-state index in [1.807, 2.05) is 0 Å². The van der Waals surface area contributed by atoms with Crippen molar-refractivity contribution in [2.24, 2.45) is 0 Å². The van der Waals surface area contributed by atoms with Gasteiger partial charge >= 0.3 is 5.97 Å². The van der Waals surface area contributed by atoms with Crippen LogP contribution >= 0.6 is 15.9 Å². The fraction of sp³-hybridized carbons (Fsp3) is 0.500. The second-order valence-corrected chi connectivity index (χ2v) is 6.11. The lowest BCUT2D eigenvalue weighted by atomic mass is 10.3. The molecule has 0 atom stereocenters. The Morgan fingerprint density at radius 2 is 2.21 bits per heavy atom. The van der Waals surface area contributed by atoms with Crippen LogP contribution in [0.3, 0.4) is 0 Å². The Bertz CT molecular complexity index is 538. The average molecular weight is 356 g/mol. The summed E-state index contributed by atoms with van der Waals surface area (Å²) >= 11 is 2.89. The number of ether oxygens (including phenoxy) is 1. The van der Waals surface area contributed by atoms with Gasteiger partial charge in [-0.25, -0.2) is 17.9 Å². The highest BCUT2D eigenvalue weighted by Gasteiger charge is 2.24. The number of furan rings is 1. The predicted octanol–water partition coefficient (Wildman–Crippen LogP) is 1.45. The number of carboxylic acids is 1. The van der Waals surface area contributed by atoms with Crippen LogP contribution in [0.15, 0.2) is 20.0 Å². The van der Waals surface area contributed by atoms with Crippen LogP contribution in [0.4, 0.5) is 0 Å². The first-order valence-electron chi connectivity index (χ1n) is 5.39. The zero-order chi connectivity index (χ0) is 14.5. The summed E-state index contributed by atoms with van der Waals surface area (Å²) < 4.78 is 35.7. The van der Waals surface area contributed by atoms with Gasteiger partial charge in [0.15, 0.2) is 4.67 Å². The number of unbranched alkanes of at least 4 members (excludes halogenated alkanes) is 1. The second-order valence-electron chi connectivity index (χ2n) is 3.65. The number of nitrogens with one attached hydrogen (secondary N) is 1. The number of halogens is 1. The Kier molecular flexibility index (Phi) is 5.98. The summed E-state index contributed by atoms with van der Waals surface area (Å²) in [4.78, 5) is 10.5. The first-order chi connectivity index (χ1) is 8.88. The van der Waals surface area contributed by atoms with Crippen molar-refractivity contribution in [1.82, 2.24) is 4.72 Å².